The number of anilines is 1. The fourth-order valence-corrected chi connectivity index (χ4v) is 3.16. The van der Waals surface area contributed by atoms with Gasteiger partial charge in [0.05, 0.1) is 24.8 Å². The van der Waals surface area contributed by atoms with Crippen LogP contribution in [0.1, 0.15) is 54.0 Å². The largest absolute Gasteiger partial charge is 0.444 e. The lowest BCUT2D eigenvalue weighted by Crippen LogP contribution is -2.54. The number of hydrogen-bond donors (Lipinski definition) is 3. The summed E-state index contributed by atoms with van der Waals surface area (Å²) in [5.74, 6) is 1.64. The molecule has 2 rings (SSSR count). The second kappa shape index (κ2) is 11.4. The van der Waals surface area contributed by atoms with E-state index in [9.17, 15) is 4.79 Å². The number of hydrogen-bond acceptors (Lipinski definition) is 6. The Balaban J connectivity index is 1.91. The number of nitrogens with one attached hydrogen (secondary N) is 3. The normalized spacial score (nSPS) is 17.7. The molecule has 1 unspecified atom stereocenters. The maximum atomic E-state index is 12.1. The molecule has 32 heavy (non-hydrogen) atoms. The van der Waals surface area contributed by atoms with Crippen molar-refractivity contribution in [1.29, 1.82) is 0 Å². The topological polar surface area (TPSA) is 100 Å². The third-order valence-corrected chi connectivity index (χ3v) is 4.68. The molecule has 0 bridgehead atoms. The lowest BCUT2D eigenvalue weighted by Gasteiger charge is -2.32. The Hall–Kier alpha value is -2.55. The minimum Gasteiger partial charge on any atom is -0.444 e. The molecule has 1 aromatic rings. The molecule has 0 radical (unpaired) electrons. The van der Waals surface area contributed by atoms with Crippen LogP contribution in [0.4, 0.5) is 10.6 Å². The van der Waals surface area contributed by atoms with E-state index in [4.69, 9.17) is 9.47 Å². The van der Waals surface area contributed by atoms with Gasteiger partial charge in [0, 0.05) is 32.4 Å². The van der Waals surface area contributed by atoms with Gasteiger partial charge in [-0.05, 0) is 60.1 Å². The van der Waals surface area contributed by atoms with E-state index in [1.807, 2.05) is 53.8 Å². The van der Waals surface area contributed by atoms with E-state index < -0.39 is 17.2 Å². The number of carbonyl (C=O) groups is 1. The van der Waals surface area contributed by atoms with Crippen molar-refractivity contribution in [2.24, 2.45) is 4.99 Å². The Morgan fingerprint density at radius 1 is 1.28 bits per heavy atom. The minimum atomic E-state index is -0.534. The highest BCUT2D eigenvalue weighted by molar-refractivity contribution is 5.80. The molecule has 1 amide bonds. The smallest absolute Gasteiger partial charge is 0.408 e. The van der Waals surface area contributed by atoms with Gasteiger partial charge in [-0.3, -0.25) is 0 Å². The first-order valence-electron chi connectivity index (χ1n) is 11.3. The molecule has 9 heteroatoms. The van der Waals surface area contributed by atoms with E-state index in [0.717, 1.165) is 37.6 Å². The molecule has 1 fully saturated rings. The SMILES string of the molecule is CCNC(=NCc1ccc(N2CCOC(C)C2)nc1)NCC(C)(C)NC(=O)OC(C)(C)C. The van der Waals surface area contributed by atoms with Crippen molar-refractivity contribution in [3.63, 3.8) is 0 Å². The number of aliphatic imine (C=N–C) groups is 1. The third kappa shape index (κ3) is 9.30. The van der Waals surface area contributed by atoms with Gasteiger partial charge in [-0.1, -0.05) is 6.07 Å². The summed E-state index contributed by atoms with van der Waals surface area (Å²) in [6.45, 7) is 17.7. The number of morpholine rings is 1. The Kier molecular flexibility index (Phi) is 9.12. The van der Waals surface area contributed by atoms with Crippen LogP contribution in [0, 0.1) is 0 Å². The van der Waals surface area contributed by atoms with E-state index >= 15 is 0 Å². The Morgan fingerprint density at radius 3 is 2.62 bits per heavy atom. The number of pyridine rings is 1. The molecule has 9 nitrogen and oxygen atoms in total. The molecule has 1 saturated heterocycles. The van der Waals surface area contributed by atoms with Crippen LogP contribution < -0.4 is 20.9 Å². The molecule has 0 aliphatic carbocycles. The molecule has 2 heterocycles. The van der Waals surface area contributed by atoms with Crippen LogP contribution in [0.5, 0.6) is 0 Å². The van der Waals surface area contributed by atoms with Crippen molar-refractivity contribution in [2.75, 3.05) is 37.7 Å². The highest BCUT2D eigenvalue weighted by Crippen LogP contribution is 2.16. The van der Waals surface area contributed by atoms with Crippen LogP contribution >= 0.6 is 0 Å². The second-order valence-corrected chi connectivity index (χ2v) is 9.71. The van der Waals surface area contributed by atoms with E-state index in [0.29, 0.717) is 19.0 Å². The Labute approximate surface area is 192 Å². The molecule has 180 valence electrons. The van der Waals surface area contributed by atoms with Crippen molar-refractivity contribution < 1.29 is 14.3 Å². The first kappa shape index (κ1) is 25.7. The highest BCUT2D eigenvalue weighted by atomic mass is 16.6. The van der Waals surface area contributed by atoms with Crippen LogP contribution in [0.15, 0.2) is 23.3 Å². The van der Waals surface area contributed by atoms with Crippen molar-refractivity contribution in [3.05, 3.63) is 23.9 Å². The van der Waals surface area contributed by atoms with Gasteiger partial charge in [0.2, 0.25) is 0 Å². The maximum Gasteiger partial charge on any atom is 0.408 e. The van der Waals surface area contributed by atoms with Gasteiger partial charge < -0.3 is 30.3 Å². The van der Waals surface area contributed by atoms with E-state index in [1.54, 1.807) is 0 Å². The van der Waals surface area contributed by atoms with Crippen LogP contribution in [-0.4, -0.2) is 67.1 Å². The van der Waals surface area contributed by atoms with Crippen molar-refractivity contribution in [3.8, 4) is 0 Å². The van der Waals surface area contributed by atoms with Crippen molar-refractivity contribution in [1.82, 2.24) is 20.9 Å². The first-order chi connectivity index (χ1) is 15.0. The highest BCUT2D eigenvalue weighted by Gasteiger charge is 2.25. The molecule has 3 N–H and O–H groups in total. The number of nitrogens with zero attached hydrogens (tertiary/aromatic N) is 3. The maximum absolute atomic E-state index is 12.1. The number of alkyl carbamates (subject to hydrolysis) is 1. The summed E-state index contributed by atoms with van der Waals surface area (Å²) >= 11 is 0. The molecule has 0 saturated carbocycles. The predicted molar refractivity (Wildman–Crippen MR) is 128 cm³/mol. The molecule has 1 aliphatic heterocycles. The summed E-state index contributed by atoms with van der Waals surface area (Å²) in [7, 11) is 0. The standard InChI is InChI=1S/C23H40N6O3/c1-8-24-20(27-16-23(6,7)28-21(30)32-22(3,4)5)26-14-18-9-10-19(25-13-18)29-11-12-31-17(2)15-29/h9-10,13,17H,8,11-12,14-16H2,1-7H3,(H,28,30)(H2,24,26,27). The number of rotatable bonds is 7. The summed E-state index contributed by atoms with van der Waals surface area (Å²) in [5.41, 5.74) is -0.0247. The van der Waals surface area contributed by atoms with Gasteiger partial charge >= 0.3 is 6.09 Å². The first-order valence-corrected chi connectivity index (χ1v) is 11.3. The molecule has 0 aromatic carbocycles. The van der Waals surface area contributed by atoms with Gasteiger partial charge in [0.15, 0.2) is 5.96 Å². The van der Waals surface area contributed by atoms with Crippen LogP contribution in [0.25, 0.3) is 0 Å². The van der Waals surface area contributed by atoms with Gasteiger partial charge in [0.25, 0.3) is 0 Å². The lowest BCUT2D eigenvalue weighted by molar-refractivity contribution is 0.0473. The van der Waals surface area contributed by atoms with Gasteiger partial charge in [-0.25, -0.2) is 14.8 Å². The monoisotopic (exact) mass is 448 g/mol. The average Bonchev–Trinajstić information content (AvgIpc) is 2.68. The quantitative estimate of drug-likeness (QED) is 0.436. The van der Waals surface area contributed by atoms with Crippen LogP contribution in [0.2, 0.25) is 0 Å². The molecule has 0 spiro atoms. The van der Waals surface area contributed by atoms with Gasteiger partial charge in [0.1, 0.15) is 11.4 Å². The van der Waals surface area contributed by atoms with Crippen LogP contribution in [-0.2, 0) is 16.0 Å². The Bertz CT molecular complexity index is 758. The van der Waals surface area contributed by atoms with Crippen LogP contribution in [0.3, 0.4) is 0 Å². The van der Waals surface area contributed by atoms with Crippen molar-refractivity contribution in [2.45, 2.75) is 72.3 Å². The fourth-order valence-electron chi connectivity index (χ4n) is 3.16. The average molecular weight is 449 g/mol. The minimum absolute atomic E-state index is 0.220. The number of amides is 1. The van der Waals surface area contributed by atoms with Crippen molar-refractivity contribution >= 4 is 17.9 Å². The second-order valence-electron chi connectivity index (χ2n) is 9.71. The number of ether oxygens (including phenoxy) is 2. The molecular weight excluding hydrogens is 408 g/mol. The van der Waals surface area contributed by atoms with E-state index in [-0.39, 0.29) is 6.10 Å². The zero-order valence-corrected chi connectivity index (χ0v) is 20.6. The predicted octanol–water partition coefficient (Wildman–Crippen LogP) is 2.67. The number of guanidine groups is 1. The summed E-state index contributed by atoms with van der Waals surface area (Å²) < 4.78 is 11.0. The summed E-state index contributed by atoms with van der Waals surface area (Å²) in [4.78, 5) is 23.6. The van der Waals surface area contributed by atoms with E-state index in [2.05, 4.69) is 43.8 Å². The lowest BCUT2D eigenvalue weighted by atomic mass is 10.1. The number of aromatic nitrogens is 1. The van der Waals surface area contributed by atoms with Gasteiger partial charge in [-0.15, -0.1) is 0 Å². The fraction of sp³-hybridized carbons (Fsp3) is 0.696. The third-order valence-electron chi connectivity index (χ3n) is 4.68. The zero-order chi connectivity index (χ0) is 23.8. The summed E-state index contributed by atoms with van der Waals surface area (Å²) in [5, 5.41) is 9.43. The van der Waals surface area contributed by atoms with E-state index in [1.165, 1.54) is 0 Å². The van der Waals surface area contributed by atoms with Gasteiger partial charge in [-0.2, -0.15) is 0 Å². The summed E-state index contributed by atoms with van der Waals surface area (Å²) in [6.07, 6.45) is 1.65. The summed E-state index contributed by atoms with van der Waals surface area (Å²) in [6, 6.07) is 4.10. The Morgan fingerprint density at radius 2 is 2.03 bits per heavy atom. The molecule has 1 aromatic heterocycles. The number of carbonyl (C=O) groups excluding carboxylic acids is 1. The molecular formula is C23H40N6O3. The molecule has 1 aliphatic rings. The zero-order valence-electron chi connectivity index (χ0n) is 20.6. The molecule has 1 atom stereocenters.